The van der Waals surface area contributed by atoms with E-state index in [0.29, 0.717) is 5.95 Å². The first-order valence-corrected chi connectivity index (χ1v) is 13.1. The van der Waals surface area contributed by atoms with E-state index in [1.165, 1.54) is 0 Å². The molecule has 0 radical (unpaired) electrons. The first-order valence-electron chi connectivity index (χ1n) is 7.68. The molecule has 0 bridgehead atoms. The first-order chi connectivity index (χ1) is 9.07. The lowest BCUT2D eigenvalue weighted by Crippen LogP contribution is -2.41. The van der Waals surface area contributed by atoms with Crippen molar-refractivity contribution in [3.8, 4) is 0 Å². The van der Waals surface area contributed by atoms with Gasteiger partial charge in [0.15, 0.2) is 0 Å². The molecule has 0 spiro atoms. The molecule has 0 atom stereocenters. The molecule has 0 aromatic rings. The Morgan fingerprint density at radius 1 is 1.00 bits per heavy atom. The van der Waals surface area contributed by atoms with E-state index in [9.17, 15) is 0 Å². The predicted molar refractivity (Wildman–Crippen MR) is 91.7 cm³/mol. The smallest absolute Gasteiger partial charge is 0.299 e. The summed E-state index contributed by atoms with van der Waals surface area (Å²) in [7, 11) is -1.86. The second kappa shape index (κ2) is 7.54. The fraction of sp³-hybridized carbons (Fsp3) is 0.867. The van der Waals surface area contributed by atoms with Crippen LogP contribution in [0.3, 0.4) is 0 Å². The molecule has 0 aromatic carbocycles. The summed E-state index contributed by atoms with van der Waals surface area (Å²) in [5, 5.41) is 0.152. The highest BCUT2D eigenvalue weighted by Crippen LogP contribution is 2.38. The van der Waals surface area contributed by atoms with Gasteiger partial charge in [0.05, 0.1) is 7.11 Å². The lowest BCUT2D eigenvalue weighted by molar-refractivity contribution is 0.128. The van der Waals surface area contributed by atoms with Crippen molar-refractivity contribution in [2.45, 2.75) is 77.8 Å². The zero-order valence-electron chi connectivity index (χ0n) is 14.9. The molecule has 0 aliphatic carbocycles. The maximum atomic E-state index is 6.16. The van der Waals surface area contributed by atoms with Crippen molar-refractivity contribution in [2.75, 3.05) is 7.11 Å². The third kappa shape index (κ3) is 5.16. The number of hydrogen-bond donors (Lipinski definition) is 0. The number of ether oxygens (including phenoxy) is 1. The monoisotopic (exact) mass is 318 g/mol. The minimum absolute atomic E-state index is 0.152. The zero-order valence-corrected chi connectivity index (χ0v) is 16.9. The molecule has 3 nitrogen and oxygen atoms in total. The van der Waals surface area contributed by atoms with Gasteiger partial charge in [-0.05, 0) is 36.3 Å². The summed E-state index contributed by atoms with van der Waals surface area (Å²) in [6.07, 6.45) is 1.73. The molecule has 0 amide bonds. The molecule has 0 aliphatic rings. The van der Waals surface area contributed by atoms with Gasteiger partial charge in [-0.3, -0.25) is 0 Å². The molecule has 0 heterocycles. The van der Waals surface area contributed by atoms with Crippen molar-refractivity contribution in [1.29, 1.82) is 0 Å². The standard InChI is InChI=1S/C15H34O3Si2/c1-10-20(11-2,12-3)17-13-14(16-7)18-19(8,9)15(4,5)6/h13H,10-12H2,1-9H3/b14-13+. The van der Waals surface area contributed by atoms with Crippen LogP contribution in [0, 0.1) is 0 Å². The number of hydrogen-bond acceptors (Lipinski definition) is 3. The van der Waals surface area contributed by atoms with Crippen LogP contribution < -0.4 is 0 Å². The summed E-state index contributed by atoms with van der Waals surface area (Å²) in [6, 6.07) is 3.36. The molecule has 0 aliphatic heterocycles. The van der Waals surface area contributed by atoms with Crippen LogP contribution in [-0.4, -0.2) is 23.7 Å². The van der Waals surface area contributed by atoms with Crippen LogP contribution in [0.4, 0.5) is 0 Å². The Morgan fingerprint density at radius 2 is 1.45 bits per heavy atom. The molecule has 0 N–H and O–H groups in total. The summed E-state index contributed by atoms with van der Waals surface area (Å²) in [5.74, 6) is 0.531. The topological polar surface area (TPSA) is 27.7 Å². The van der Waals surface area contributed by atoms with E-state index >= 15 is 0 Å². The molecule has 0 unspecified atom stereocenters. The molecular weight excluding hydrogens is 284 g/mol. The highest BCUT2D eigenvalue weighted by Gasteiger charge is 2.40. The summed E-state index contributed by atoms with van der Waals surface area (Å²) < 4.78 is 17.7. The van der Waals surface area contributed by atoms with Crippen molar-refractivity contribution in [3.05, 3.63) is 12.2 Å². The maximum absolute atomic E-state index is 6.16. The fourth-order valence-electron chi connectivity index (χ4n) is 1.69. The Kier molecular flexibility index (Phi) is 7.38. The second-order valence-corrected chi connectivity index (χ2v) is 16.3. The molecule has 0 saturated heterocycles. The summed E-state index contributed by atoms with van der Waals surface area (Å²) in [4.78, 5) is 0. The van der Waals surface area contributed by atoms with Gasteiger partial charge in [0.25, 0.3) is 14.3 Å². The lowest BCUT2D eigenvalue weighted by atomic mass is 10.2. The summed E-state index contributed by atoms with van der Waals surface area (Å²) in [5.41, 5.74) is 0. The van der Waals surface area contributed by atoms with Crippen molar-refractivity contribution >= 4 is 16.6 Å². The van der Waals surface area contributed by atoms with Gasteiger partial charge in [0.1, 0.15) is 6.26 Å². The van der Waals surface area contributed by atoms with Gasteiger partial charge in [0, 0.05) is 0 Å². The van der Waals surface area contributed by atoms with E-state index in [-0.39, 0.29) is 5.04 Å². The lowest BCUT2D eigenvalue weighted by Gasteiger charge is -2.36. The van der Waals surface area contributed by atoms with E-state index in [2.05, 4.69) is 54.6 Å². The van der Waals surface area contributed by atoms with Crippen molar-refractivity contribution in [3.63, 3.8) is 0 Å². The Balaban J connectivity index is 4.98. The normalized spacial score (nSPS) is 14.2. The third-order valence-corrected chi connectivity index (χ3v) is 13.5. The van der Waals surface area contributed by atoms with E-state index in [4.69, 9.17) is 13.6 Å². The molecule has 0 rings (SSSR count). The largest absolute Gasteiger partial charge is 0.544 e. The Labute approximate surface area is 128 Å². The van der Waals surface area contributed by atoms with E-state index < -0.39 is 16.6 Å². The summed E-state index contributed by atoms with van der Waals surface area (Å²) >= 11 is 0. The highest BCUT2D eigenvalue weighted by atomic mass is 28.4. The second-order valence-electron chi connectivity index (χ2n) is 6.86. The van der Waals surface area contributed by atoms with Crippen LogP contribution in [-0.2, 0) is 13.6 Å². The third-order valence-electron chi connectivity index (χ3n) is 4.70. The van der Waals surface area contributed by atoms with Crippen LogP contribution in [0.5, 0.6) is 0 Å². The average molecular weight is 319 g/mol. The Hall–Kier alpha value is -0.426. The zero-order chi connectivity index (χ0) is 16.0. The van der Waals surface area contributed by atoms with Gasteiger partial charge in [-0.15, -0.1) is 0 Å². The van der Waals surface area contributed by atoms with Crippen molar-refractivity contribution in [1.82, 2.24) is 0 Å². The highest BCUT2D eigenvalue weighted by molar-refractivity contribution is 6.74. The van der Waals surface area contributed by atoms with Crippen LogP contribution in [0.15, 0.2) is 12.2 Å². The van der Waals surface area contributed by atoms with E-state index in [1.807, 2.05) is 0 Å². The minimum Gasteiger partial charge on any atom is -0.544 e. The molecule has 0 fully saturated rings. The van der Waals surface area contributed by atoms with Crippen molar-refractivity contribution < 1.29 is 13.6 Å². The Morgan fingerprint density at radius 3 is 1.75 bits per heavy atom. The van der Waals surface area contributed by atoms with Gasteiger partial charge in [-0.25, -0.2) is 0 Å². The van der Waals surface area contributed by atoms with Crippen LogP contribution in [0.1, 0.15) is 41.5 Å². The quantitative estimate of drug-likeness (QED) is 0.438. The van der Waals surface area contributed by atoms with E-state index in [0.717, 1.165) is 18.1 Å². The van der Waals surface area contributed by atoms with Crippen molar-refractivity contribution in [2.24, 2.45) is 0 Å². The number of methoxy groups -OCH3 is 1. The minimum atomic E-state index is -1.87. The molecule has 0 aromatic heterocycles. The average Bonchev–Trinajstić information content (AvgIpc) is 2.38. The number of rotatable bonds is 8. The summed E-state index contributed by atoms with van der Waals surface area (Å²) in [6.45, 7) is 17.7. The van der Waals surface area contributed by atoms with Crippen LogP contribution in [0.2, 0.25) is 36.3 Å². The van der Waals surface area contributed by atoms with Gasteiger partial charge < -0.3 is 13.6 Å². The van der Waals surface area contributed by atoms with Crippen LogP contribution >= 0.6 is 0 Å². The maximum Gasteiger partial charge on any atom is 0.299 e. The molecule has 0 saturated carbocycles. The van der Waals surface area contributed by atoms with Gasteiger partial charge in [0.2, 0.25) is 8.32 Å². The molecule has 20 heavy (non-hydrogen) atoms. The van der Waals surface area contributed by atoms with Gasteiger partial charge in [-0.2, -0.15) is 0 Å². The van der Waals surface area contributed by atoms with Gasteiger partial charge in [-0.1, -0.05) is 41.5 Å². The SMILES string of the molecule is CC[Si](CC)(CC)O/C=C(\OC)O[Si](C)(C)C(C)(C)C. The van der Waals surface area contributed by atoms with Gasteiger partial charge >= 0.3 is 0 Å². The molecule has 5 heteroatoms. The first kappa shape index (κ1) is 19.6. The van der Waals surface area contributed by atoms with E-state index in [1.54, 1.807) is 13.4 Å². The molecular formula is C15H34O3Si2. The Bertz CT molecular complexity index is 307. The predicted octanol–water partition coefficient (Wildman–Crippen LogP) is 5.48. The van der Waals surface area contributed by atoms with Crippen LogP contribution in [0.25, 0.3) is 0 Å². The molecule has 120 valence electrons. The fourth-order valence-corrected chi connectivity index (χ4v) is 4.98.